The molecule has 0 aliphatic carbocycles. The number of carbonyl (C=O) groups excluding carboxylic acids is 1. The third-order valence-corrected chi connectivity index (χ3v) is 4.06. The Morgan fingerprint density at radius 2 is 2.07 bits per heavy atom. The summed E-state index contributed by atoms with van der Waals surface area (Å²) in [7, 11) is 0. The van der Waals surface area contributed by atoms with Crippen LogP contribution in [0.25, 0.3) is 10.8 Å². The number of aromatic hydroxyl groups is 1. The summed E-state index contributed by atoms with van der Waals surface area (Å²) in [5.41, 5.74) is 1.36. The first-order valence-corrected chi connectivity index (χ1v) is 8.48. The molecule has 0 radical (unpaired) electrons. The van der Waals surface area contributed by atoms with E-state index >= 15 is 0 Å². The number of nitrogens with one attached hydrogen (secondary N) is 4. The van der Waals surface area contributed by atoms with Crippen LogP contribution in [0.4, 0.5) is 5.82 Å². The molecule has 0 spiro atoms. The number of nitrogens with zero attached hydrogens (tertiary/aromatic N) is 2. The average Bonchev–Trinajstić information content (AvgIpc) is 2.69. The van der Waals surface area contributed by atoms with Gasteiger partial charge in [-0.2, -0.15) is 5.10 Å². The zero-order valence-electron chi connectivity index (χ0n) is 14.9. The molecule has 1 aromatic heterocycles. The largest absolute Gasteiger partial charge is 0.507 e. The van der Waals surface area contributed by atoms with Crippen molar-refractivity contribution in [3.63, 3.8) is 0 Å². The summed E-state index contributed by atoms with van der Waals surface area (Å²) >= 11 is 0. The van der Waals surface area contributed by atoms with E-state index in [0.29, 0.717) is 12.0 Å². The van der Waals surface area contributed by atoms with E-state index in [9.17, 15) is 19.5 Å². The highest BCUT2D eigenvalue weighted by atomic mass is 16.3. The van der Waals surface area contributed by atoms with Gasteiger partial charge in [0.2, 0.25) is 5.82 Å². The summed E-state index contributed by atoms with van der Waals surface area (Å²) in [6.45, 7) is 1.73. The zero-order chi connectivity index (χ0) is 20.1. The Morgan fingerprint density at radius 1 is 1.29 bits per heavy atom. The second-order valence-corrected chi connectivity index (χ2v) is 5.91. The van der Waals surface area contributed by atoms with E-state index in [4.69, 9.17) is 0 Å². The molecule has 0 aliphatic heterocycles. The quantitative estimate of drug-likeness (QED) is 0.312. The summed E-state index contributed by atoms with van der Waals surface area (Å²) in [6, 6.07) is 9.98. The van der Waals surface area contributed by atoms with Crippen molar-refractivity contribution in [3.8, 4) is 5.75 Å². The summed E-state index contributed by atoms with van der Waals surface area (Å²) < 4.78 is 0. The minimum atomic E-state index is -0.808. The molecular formula is C18H18N6O4. The Balaban J connectivity index is 1.74. The maximum Gasteiger partial charge on any atom is 0.342 e. The van der Waals surface area contributed by atoms with E-state index in [1.54, 1.807) is 19.1 Å². The van der Waals surface area contributed by atoms with Crippen LogP contribution in [-0.2, 0) is 4.79 Å². The molecule has 1 atom stereocenters. The van der Waals surface area contributed by atoms with Crippen LogP contribution in [0.2, 0.25) is 0 Å². The van der Waals surface area contributed by atoms with E-state index in [1.165, 1.54) is 6.21 Å². The lowest BCUT2D eigenvalue weighted by molar-refractivity contribution is -0.121. The molecule has 144 valence electrons. The standard InChI is InChI=1S/C18H18N6O4/c1-2-13(20-15-17(27)21-18(28)24-22-15)16(26)23-19-9-12-11-6-4-3-5-10(11)7-8-14(12)25/h3-9,13,25H,2H2,1H3,(H,20,22)(H,23,26)(H2,21,24,27,28)/b19-9+. The van der Waals surface area contributed by atoms with Crippen molar-refractivity contribution >= 4 is 28.7 Å². The molecule has 28 heavy (non-hydrogen) atoms. The third kappa shape index (κ3) is 4.06. The molecule has 0 saturated carbocycles. The molecule has 0 aliphatic rings. The Morgan fingerprint density at radius 3 is 2.82 bits per heavy atom. The third-order valence-electron chi connectivity index (χ3n) is 4.06. The summed E-state index contributed by atoms with van der Waals surface area (Å²) in [5, 5.41) is 24.0. The van der Waals surface area contributed by atoms with E-state index in [1.807, 2.05) is 29.2 Å². The molecule has 0 fully saturated rings. The number of amides is 1. The molecule has 2 aromatic carbocycles. The van der Waals surface area contributed by atoms with Gasteiger partial charge in [-0.1, -0.05) is 37.3 Å². The number of benzene rings is 2. The van der Waals surface area contributed by atoms with Crippen LogP contribution in [0, 0.1) is 0 Å². The molecule has 10 heteroatoms. The highest BCUT2D eigenvalue weighted by Crippen LogP contribution is 2.25. The zero-order valence-corrected chi connectivity index (χ0v) is 14.9. The Labute approximate surface area is 158 Å². The highest BCUT2D eigenvalue weighted by Gasteiger charge is 2.18. The summed E-state index contributed by atoms with van der Waals surface area (Å²) in [4.78, 5) is 37.0. The first kappa shape index (κ1) is 18.8. The topological polar surface area (TPSA) is 152 Å². The lowest BCUT2D eigenvalue weighted by Crippen LogP contribution is -2.39. The number of rotatable bonds is 6. The number of hydrogen-bond donors (Lipinski definition) is 5. The Bertz CT molecular complexity index is 1150. The van der Waals surface area contributed by atoms with Crippen LogP contribution in [0.1, 0.15) is 18.9 Å². The van der Waals surface area contributed by atoms with Gasteiger partial charge >= 0.3 is 5.69 Å². The smallest absolute Gasteiger partial charge is 0.342 e. The van der Waals surface area contributed by atoms with Crippen molar-refractivity contribution in [2.75, 3.05) is 5.32 Å². The minimum absolute atomic E-state index is 0.0332. The SMILES string of the molecule is CCC(Nc1n[nH]c(=O)[nH]c1=O)C(=O)N/N=C/c1c(O)ccc2ccccc12. The van der Waals surface area contributed by atoms with Gasteiger partial charge < -0.3 is 10.4 Å². The Hall–Kier alpha value is -3.95. The number of fused-ring (bicyclic) bond motifs is 1. The van der Waals surface area contributed by atoms with E-state index in [-0.39, 0.29) is 11.6 Å². The van der Waals surface area contributed by atoms with E-state index in [0.717, 1.165) is 10.8 Å². The van der Waals surface area contributed by atoms with Crippen molar-refractivity contribution < 1.29 is 9.90 Å². The highest BCUT2D eigenvalue weighted by molar-refractivity contribution is 6.02. The van der Waals surface area contributed by atoms with Gasteiger partial charge in [0.25, 0.3) is 11.5 Å². The molecule has 5 N–H and O–H groups in total. The minimum Gasteiger partial charge on any atom is -0.507 e. The fourth-order valence-electron chi connectivity index (χ4n) is 2.62. The van der Waals surface area contributed by atoms with Gasteiger partial charge in [0.15, 0.2) is 0 Å². The van der Waals surface area contributed by atoms with Gasteiger partial charge in [-0.25, -0.2) is 15.3 Å². The van der Waals surface area contributed by atoms with Crippen LogP contribution in [0.3, 0.4) is 0 Å². The number of phenolic OH excluding ortho intramolecular Hbond substituents is 1. The number of phenols is 1. The predicted molar refractivity (Wildman–Crippen MR) is 105 cm³/mol. The second kappa shape index (κ2) is 8.16. The van der Waals surface area contributed by atoms with Crippen molar-refractivity contribution in [2.45, 2.75) is 19.4 Å². The fourth-order valence-corrected chi connectivity index (χ4v) is 2.62. The van der Waals surface area contributed by atoms with Crippen LogP contribution in [-0.4, -0.2) is 38.5 Å². The molecule has 0 bridgehead atoms. The number of carbonyl (C=O) groups is 1. The molecule has 1 heterocycles. The molecule has 10 nitrogen and oxygen atoms in total. The number of H-pyrrole nitrogens is 2. The fraction of sp³-hybridized carbons (Fsp3) is 0.167. The first-order chi connectivity index (χ1) is 13.5. The predicted octanol–water partition coefficient (Wildman–Crippen LogP) is 0.658. The molecule has 1 unspecified atom stereocenters. The van der Waals surface area contributed by atoms with Crippen molar-refractivity contribution in [1.29, 1.82) is 0 Å². The second-order valence-electron chi connectivity index (χ2n) is 5.91. The first-order valence-electron chi connectivity index (χ1n) is 8.48. The molecular weight excluding hydrogens is 364 g/mol. The average molecular weight is 382 g/mol. The number of hydrogen-bond acceptors (Lipinski definition) is 7. The molecule has 3 rings (SSSR count). The molecule has 3 aromatic rings. The van der Waals surface area contributed by atoms with Crippen LogP contribution in [0.5, 0.6) is 5.75 Å². The van der Waals surface area contributed by atoms with E-state index in [2.05, 4.69) is 26.0 Å². The van der Waals surface area contributed by atoms with Crippen LogP contribution in [0.15, 0.2) is 51.1 Å². The summed E-state index contributed by atoms with van der Waals surface area (Å²) in [5.74, 6) is -0.658. The van der Waals surface area contributed by atoms with Crippen molar-refractivity contribution in [3.05, 3.63) is 62.8 Å². The van der Waals surface area contributed by atoms with Crippen LogP contribution < -0.4 is 22.0 Å². The summed E-state index contributed by atoms with van der Waals surface area (Å²) in [6.07, 6.45) is 1.69. The Kier molecular flexibility index (Phi) is 5.49. The number of aromatic amines is 2. The normalized spacial score (nSPS) is 12.2. The lowest BCUT2D eigenvalue weighted by Gasteiger charge is -2.14. The number of aromatic nitrogens is 3. The van der Waals surface area contributed by atoms with Gasteiger partial charge in [0, 0.05) is 5.56 Å². The maximum absolute atomic E-state index is 12.3. The van der Waals surface area contributed by atoms with Gasteiger partial charge in [-0.15, -0.1) is 5.10 Å². The van der Waals surface area contributed by atoms with Gasteiger partial charge in [-0.3, -0.25) is 14.6 Å². The van der Waals surface area contributed by atoms with Crippen molar-refractivity contribution in [2.24, 2.45) is 5.10 Å². The van der Waals surface area contributed by atoms with Gasteiger partial charge in [0.1, 0.15) is 11.8 Å². The molecule has 1 amide bonds. The van der Waals surface area contributed by atoms with Gasteiger partial charge in [0.05, 0.1) is 6.21 Å². The van der Waals surface area contributed by atoms with Crippen LogP contribution >= 0.6 is 0 Å². The lowest BCUT2D eigenvalue weighted by atomic mass is 10.0. The maximum atomic E-state index is 12.3. The van der Waals surface area contributed by atoms with Crippen molar-refractivity contribution in [1.82, 2.24) is 20.6 Å². The van der Waals surface area contributed by atoms with Gasteiger partial charge in [-0.05, 0) is 23.3 Å². The van der Waals surface area contributed by atoms with E-state index < -0.39 is 23.2 Å². The monoisotopic (exact) mass is 382 g/mol. The number of hydrazone groups is 1. The number of anilines is 1. The molecule has 0 saturated heterocycles.